The Hall–Kier alpha value is -5.34. The second kappa shape index (κ2) is 15.9. The lowest BCUT2D eigenvalue weighted by molar-refractivity contribution is 0.101. The highest BCUT2D eigenvalue weighted by molar-refractivity contribution is 6.39. The molecule has 2 amide bonds. The summed E-state index contributed by atoms with van der Waals surface area (Å²) in [5.41, 5.74) is 4.76. The highest BCUT2D eigenvalue weighted by Gasteiger charge is 2.17. The van der Waals surface area contributed by atoms with E-state index in [0.29, 0.717) is 81.1 Å². The summed E-state index contributed by atoms with van der Waals surface area (Å²) in [4.78, 5) is 56.0. The van der Waals surface area contributed by atoms with Crippen LogP contribution in [0.4, 0.5) is 11.8 Å². The molecule has 12 nitrogen and oxygen atoms in total. The van der Waals surface area contributed by atoms with Crippen molar-refractivity contribution in [1.82, 2.24) is 39.9 Å². The van der Waals surface area contributed by atoms with Crippen LogP contribution in [0.3, 0.4) is 0 Å². The van der Waals surface area contributed by atoms with Gasteiger partial charge in [-0.2, -0.15) is 0 Å². The van der Waals surface area contributed by atoms with Crippen LogP contribution in [-0.4, -0.2) is 51.7 Å². The molecule has 54 heavy (non-hydrogen) atoms. The molecule has 4 aromatic heterocycles. The normalized spacial score (nSPS) is 10.9. The van der Waals surface area contributed by atoms with Crippen LogP contribution in [0.5, 0.6) is 0 Å². The number of nitrogens with zero attached hydrogens (tertiary/aromatic N) is 6. The van der Waals surface area contributed by atoms with Crippen molar-refractivity contribution in [3.8, 4) is 22.8 Å². The molecule has 4 aromatic carbocycles. The topological polar surface area (TPSA) is 167 Å². The van der Waals surface area contributed by atoms with E-state index in [0.717, 1.165) is 0 Å². The molecule has 8 aromatic rings. The molecule has 4 N–H and O–H groups in total. The van der Waals surface area contributed by atoms with Crippen molar-refractivity contribution in [2.24, 2.45) is 0 Å². The van der Waals surface area contributed by atoms with E-state index in [1.54, 1.807) is 72.8 Å². The van der Waals surface area contributed by atoms with Gasteiger partial charge < -0.3 is 15.3 Å². The van der Waals surface area contributed by atoms with Crippen LogP contribution in [0.1, 0.15) is 20.7 Å². The number of aromatic amines is 2. The Morgan fingerprint density at radius 3 is 1.52 bits per heavy atom. The molecule has 0 radical (unpaired) electrons. The van der Waals surface area contributed by atoms with E-state index in [2.05, 4.69) is 50.5 Å². The summed E-state index contributed by atoms with van der Waals surface area (Å²) in [6, 6.07) is 20.6. The average molecular weight is 837 g/mol. The highest BCUT2D eigenvalue weighted by atomic mass is 35.5. The van der Waals surface area contributed by atoms with Crippen LogP contribution in [0, 0.1) is 0 Å². The first-order valence-corrected chi connectivity index (χ1v) is 17.8. The number of carbonyl (C=O) groups is 2. The molecule has 0 unspecified atom stereocenters. The van der Waals surface area contributed by atoms with Gasteiger partial charge in [-0.15, -0.1) is 0 Å². The van der Waals surface area contributed by atoms with Crippen molar-refractivity contribution in [1.29, 1.82) is 0 Å². The largest absolute Gasteiger partial charge is 0.338 e. The van der Waals surface area contributed by atoms with E-state index in [9.17, 15) is 9.59 Å². The predicted molar refractivity (Wildman–Crippen MR) is 213 cm³/mol. The number of rotatable bonds is 6. The van der Waals surface area contributed by atoms with E-state index >= 15 is 0 Å². The van der Waals surface area contributed by atoms with Crippen LogP contribution >= 0.6 is 69.6 Å². The van der Waals surface area contributed by atoms with Crippen LogP contribution in [0.2, 0.25) is 30.3 Å². The predicted octanol–water partition coefficient (Wildman–Crippen LogP) is 10.5. The maximum Gasteiger partial charge on any atom is 0.258 e. The van der Waals surface area contributed by atoms with E-state index < -0.39 is 0 Å². The van der Waals surface area contributed by atoms with Gasteiger partial charge >= 0.3 is 0 Å². The molecule has 0 aliphatic rings. The van der Waals surface area contributed by atoms with Gasteiger partial charge in [-0.25, -0.2) is 24.9 Å². The number of benzene rings is 4. The third kappa shape index (κ3) is 8.24. The van der Waals surface area contributed by atoms with E-state index in [4.69, 9.17) is 69.6 Å². The van der Waals surface area contributed by atoms with Crippen molar-refractivity contribution < 1.29 is 9.59 Å². The fourth-order valence-corrected chi connectivity index (χ4v) is 6.53. The van der Waals surface area contributed by atoms with Gasteiger partial charge in [0.1, 0.15) is 16.8 Å². The summed E-state index contributed by atoms with van der Waals surface area (Å²) in [5.74, 6) is 0.781. The maximum absolute atomic E-state index is 12.5. The molecule has 0 aliphatic carbocycles. The smallest absolute Gasteiger partial charge is 0.258 e. The molecule has 0 saturated carbocycles. The Labute approximate surface area is 335 Å². The monoisotopic (exact) mass is 834 g/mol. The summed E-state index contributed by atoms with van der Waals surface area (Å²) in [6.07, 6.45) is 5.61. The van der Waals surface area contributed by atoms with Gasteiger partial charge in [-0.05, 0) is 60.7 Å². The first-order chi connectivity index (χ1) is 26.0. The van der Waals surface area contributed by atoms with Gasteiger partial charge in [0.15, 0.2) is 5.82 Å². The molecule has 0 atom stereocenters. The summed E-state index contributed by atoms with van der Waals surface area (Å²) < 4.78 is 0. The lowest BCUT2D eigenvalue weighted by atomic mass is 10.2. The Morgan fingerprint density at radius 2 is 1.04 bits per heavy atom. The number of H-pyrrole nitrogens is 2. The number of hydrogen-bond donors (Lipinski definition) is 4. The molecular formula is C36H20Cl6N10O2. The van der Waals surface area contributed by atoms with Crippen molar-refractivity contribution >= 4 is 115 Å². The Balaban J connectivity index is 0.000000167. The molecule has 268 valence electrons. The number of hydrogen-bond acceptors (Lipinski definition) is 8. The lowest BCUT2D eigenvalue weighted by Crippen LogP contribution is -2.13. The SMILES string of the molecule is O=C(Nc1cncc(Cl)n1)c1ccc2nc(-c3c(Cl)cccc3Cl)[nH]c2c1.O=C(Nc1ncc(Cl)cn1)c1ccc2nc(-c3c(Cl)cccc3Cl)[nH]c2c1. The molecule has 0 spiro atoms. The molecule has 0 saturated heterocycles. The van der Waals surface area contributed by atoms with Crippen LogP contribution in [0.25, 0.3) is 44.8 Å². The fraction of sp³-hybridized carbons (Fsp3) is 0. The standard InChI is InChI=1S/2C18H10Cl3N5O/c19-10-7-22-18(23-8-10)26-17(27)9-4-5-13-14(6-9)25-16(24-13)15-11(20)2-1-3-12(15)21;19-10-2-1-3-11(20)16(10)17-23-12-5-4-9(6-13(12)24-17)18(27)26-15-8-22-7-14(21)25-15/h1-8H,(H,24,25)(H,22,23,26,27);1-8H,(H,23,24)(H,25,26,27). The minimum absolute atomic E-state index is 0.164. The number of aromatic nitrogens is 8. The molecule has 0 fully saturated rings. The molecule has 8 rings (SSSR count). The van der Waals surface area contributed by atoms with Crippen molar-refractivity contribution in [3.05, 3.63) is 139 Å². The number of nitrogens with one attached hydrogen (secondary N) is 4. The van der Waals surface area contributed by atoms with Gasteiger partial charge in [0, 0.05) is 11.1 Å². The number of anilines is 2. The third-order valence-electron chi connectivity index (χ3n) is 7.58. The molecule has 0 aliphatic heterocycles. The Morgan fingerprint density at radius 1 is 0.556 bits per heavy atom. The van der Waals surface area contributed by atoms with Crippen LogP contribution < -0.4 is 10.6 Å². The van der Waals surface area contributed by atoms with E-state index in [-0.39, 0.29) is 28.7 Å². The zero-order chi connectivity index (χ0) is 37.9. The second-order valence-corrected chi connectivity index (χ2v) is 13.6. The summed E-state index contributed by atoms with van der Waals surface area (Å²) in [5, 5.41) is 7.78. The highest BCUT2D eigenvalue weighted by Crippen LogP contribution is 2.35. The van der Waals surface area contributed by atoms with Gasteiger partial charge in [-0.1, -0.05) is 81.7 Å². The minimum Gasteiger partial charge on any atom is -0.338 e. The Bertz CT molecular complexity index is 2660. The average Bonchev–Trinajstić information content (AvgIpc) is 3.76. The van der Waals surface area contributed by atoms with E-state index in [1.165, 1.54) is 24.8 Å². The number of imidazole rings is 2. The number of carbonyl (C=O) groups excluding carboxylic acids is 2. The second-order valence-electron chi connectivity index (χ2n) is 11.2. The van der Waals surface area contributed by atoms with Crippen molar-refractivity contribution in [3.63, 3.8) is 0 Å². The number of amides is 2. The van der Waals surface area contributed by atoms with Gasteiger partial charge in [0.2, 0.25) is 5.95 Å². The van der Waals surface area contributed by atoms with Gasteiger partial charge in [0.05, 0.1) is 83.1 Å². The van der Waals surface area contributed by atoms with Crippen molar-refractivity contribution in [2.45, 2.75) is 0 Å². The first-order valence-electron chi connectivity index (χ1n) is 15.5. The summed E-state index contributed by atoms with van der Waals surface area (Å²) in [6.45, 7) is 0. The third-order valence-corrected chi connectivity index (χ3v) is 9.22. The molecule has 18 heteroatoms. The summed E-state index contributed by atoms with van der Waals surface area (Å²) in [7, 11) is 0. The quantitative estimate of drug-likeness (QED) is 0.128. The van der Waals surface area contributed by atoms with Gasteiger partial charge in [0.25, 0.3) is 11.8 Å². The summed E-state index contributed by atoms with van der Waals surface area (Å²) >= 11 is 36.5. The maximum atomic E-state index is 12.5. The number of fused-ring (bicyclic) bond motifs is 2. The molecular weight excluding hydrogens is 817 g/mol. The zero-order valence-corrected chi connectivity index (χ0v) is 31.5. The molecule has 4 heterocycles. The lowest BCUT2D eigenvalue weighted by Gasteiger charge is -2.04. The van der Waals surface area contributed by atoms with Crippen LogP contribution in [-0.2, 0) is 0 Å². The van der Waals surface area contributed by atoms with Crippen molar-refractivity contribution in [2.75, 3.05) is 10.6 Å². The number of halogens is 6. The molecule has 0 bridgehead atoms. The Kier molecular flexibility index (Phi) is 10.9. The fourth-order valence-electron chi connectivity index (χ4n) is 5.13. The zero-order valence-electron chi connectivity index (χ0n) is 27.0. The van der Waals surface area contributed by atoms with Crippen LogP contribution in [0.15, 0.2) is 97.6 Å². The minimum atomic E-state index is -0.355. The van der Waals surface area contributed by atoms with Gasteiger partial charge in [-0.3, -0.25) is 19.9 Å². The first kappa shape index (κ1) is 37.0. The van der Waals surface area contributed by atoms with E-state index in [1.807, 2.05) is 0 Å².